The summed E-state index contributed by atoms with van der Waals surface area (Å²) in [6.45, 7) is 4.94. The number of aliphatic hydroxyl groups is 1. The molecule has 1 atom stereocenters. The molecule has 0 aliphatic carbocycles. The number of nitrogen functional groups attached to an aromatic ring is 1. The van der Waals surface area contributed by atoms with Gasteiger partial charge in [-0.1, -0.05) is 0 Å². The third kappa shape index (κ3) is 3.02. The van der Waals surface area contributed by atoms with E-state index in [-0.39, 0.29) is 12.7 Å². The van der Waals surface area contributed by atoms with Crippen LogP contribution < -0.4 is 16.4 Å². The number of anilines is 2. The van der Waals surface area contributed by atoms with Crippen LogP contribution in [0.15, 0.2) is 18.2 Å². The van der Waals surface area contributed by atoms with Gasteiger partial charge in [0.15, 0.2) is 0 Å². The van der Waals surface area contributed by atoms with E-state index < -0.39 is 11.5 Å². The summed E-state index contributed by atoms with van der Waals surface area (Å²) in [6.07, 6.45) is -0.294. The van der Waals surface area contributed by atoms with E-state index in [9.17, 15) is 9.90 Å². The van der Waals surface area contributed by atoms with Crippen LogP contribution in [0.3, 0.4) is 0 Å². The Labute approximate surface area is 118 Å². The van der Waals surface area contributed by atoms with E-state index in [1.807, 2.05) is 18.7 Å². The predicted molar refractivity (Wildman–Crippen MR) is 77.6 cm³/mol. The lowest BCUT2D eigenvalue weighted by atomic mass is 10.0. The van der Waals surface area contributed by atoms with Crippen molar-refractivity contribution in [2.45, 2.75) is 25.6 Å². The van der Waals surface area contributed by atoms with Crippen molar-refractivity contribution in [3.8, 4) is 0 Å². The van der Waals surface area contributed by atoms with Crippen molar-refractivity contribution in [1.82, 2.24) is 0 Å². The van der Waals surface area contributed by atoms with Crippen LogP contribution in [0.4, 0.5) is 11.4 Å². The fraction of sp³-hybridized carbons (Fsp3) is 0.500. The molecule has 0 radical (unpaired) electrons. The number of amides is 1. The standard InChI is InChI=1S/C14H21N3O3/c1-14(2)8-17(6-10(7-18)20-14)12-4-3-9(15)5-11(12)13(16)19/h3-5,10,18H,6-8,15H2,1-2H3,(H2,16,19). The zero-order valence-corrected chi connectivity index (χ0v) is 11.8. The molecule has 0 aromatic heterocycles. The van der Waals surface area contributed by atoms with Crippen molar-refractivity contribution >= 4 is 17.3 Å². The van der Waals surface area contributed by atoms with E-state index in [2.05, 4.69) is 0 Å². The monoisotopic (exact) mass is 279 g/mol. The highest BCUT2D eigenvalue weighted by Crippen LogP contribution is 2.29. The van der Waals surface area contributed by atoms with Gasteiger partial charge < -0.3 is 26.2 Å². The molecule has 1 amide bonds. The Morgan fingerprint density at radius 2 is 2.25 bits per heavy atom. The van der Waals surface area contributed by atoms with Crippen LogP contribution in [0.5, 0.6) is 0 Å². The van der Waals surface area contributed by atoms with E-state index in [1.165, 1.54) is 0 Å². The number of carbonyl (C=O) groups is 1. The molecule has 20 heavy (non-hydrogen) atoms. The van der Waals surface area contributed by atoms with Gasteiger partial charge in [-0.2, -0.15) is 0 Å². The highest BCUT2D eigenvalue weighted by Gasteiger charge is 2.34. The van der Waals surface area contributed by atoms with E-state index in [4.69, 9.17) is 16.2 Å². The number of carbonyl (C=O) groups excluding carboxylic acids is 1. The van der Waals surface area contributed by atoms with Crippen LogP contribution in [-0.2, 0) is 4.74 Å². The highest BCUT2D eigenvalue weighted by molar-refractivity contribution is 5.99. The van der Waals surface area contributed by atoms with E-state index in [0.717, 1.165) is 5.69 Å². The van der Waals surface area contributed by atoms with Crippen LogP contribution in [0.1, 0.15) is 24.2 Å². The third-order valence-electron chi connectivity index (χ3n) is 3.31. The Morgan fingerprint density at radius 3 is 2.85 bits per heavy atom. The van der Waals surface area contributed by atoms with Gasteiger partial charge in [-0.25, -0.2) is 0 Å². The molecule has 1 aliphatic heterocycles. The first-order valence-corrected chi connectivity index (χ1v) is 6.55. The van der Waals surface area contributed by atoms with Crippen molar-refractivity contribution < 1.29 is 14.6 Å². The van der Waals surface area contributed by atoms with Crippen LogP contribution in [0.2, 0.25) is 0 Å². The van der Waals surface area contributed by atoms with Gasteiger partial charge in [0.1, 0.15) is 0 Å². The molecule has 1 unspecified atom stereocenters. The molecule has 6 heteroatoms. The molecule has 2 rings (SSSR count). The maximum atomic E-state index is 11.6. The first kappa shape index (κ1) is 14.6. The van der Waals surface area contributed by atoms with Crippen molar-refractivity contribution in [3.63, 3.8) is 0 Å². The van der Waals surface area contributed by atoms with Crippen molar-refractivity contribution in [2.24, 2.45) is 5.73 Å². The van der Waals surface area contributed by atoms with Gasteiger partial charge >= 0.3 is 0 Å². The third-order valence-corrected chi connectivity index (χ3v) is 3.31. The lowest BCUT2D eigenvalue weighted by Crippen LogP contribution is -2.54. The molecule has 1 aromatic rings. The minimum atomic E-state index is -0.517. The number of primary amides is 1. The minimum Gasteiger partial charge on any atom is -0.399 e. The maximum absolute atomic E-state index is 11.6. The lowest BCUT2D eigenvalue weighted by molar-refractivity contribution is -0.101. The Hall–Kier alpha value is -1.79. The number of nitrogens with two attached hydrogens (primary N) is 2. The number of morpholine rings is 1. The second kappa shape index (κ2) is 5.30. The first-order chi connectivity index (χ1) is 9.32. The molecule has 0 bridgehead atoms. The molecule has 1 aliphatic rings. The maximum Gasteiger partial charge on any atom is 0.250 e. The summed E-state index contributed by atoms with van der Waals surface area (Å²) in [4.78, 5) is 13.6. The van der Waals surface area contributed by atoms with Gasteiger partial charge in [-0.15, -0.1) is 0 Å². The summed E-state index contributed by atoms with van der Waals surface area (Å²) < 4.78 is 5.77. The summed E-state index contributed by atoms with van der Waals surface area (Å²) in [7, 11) is 0. The molecular formula is C14H21N3O3. The number of nitrogens with zero attached hydrogens (tertiary/aromatic N) is 1. The number of benzene rings is 1. The molecule has 1 heterocycles. The Morgan fingerprint density at radius 1 is 1.55 bits per heavy atom. The average Bonchev–Trinajstić information content (AvgIpc) is 2.36. The van der Waals surface area contributed by atoms with E-state index in [0.29, 0.717) is 24.3 Å². The fourth-order valence-corrected chi connectivity index (χ4v) is 2.60. The Bertz CT molecular complexity index is 516. The molecule has 6 nitrogen and oxygen atoms in total. The highest BCUT2D eigenvalue weighted by atomic mass is 16.5. The molecule has 1 fully saturated rings. The quantitative estimate of drug-likeness (QED) is 0.693. The van der Waals surface area contributed by atoms with Crippen LogP contribution in [0, 0.1) is 0 Å². The van der Waals surface area contributed by atoms with Gasteiger partial charge in [0.2, 0.25) is 0 Å². The topological polar surface area (TPSA) is 102 Å². The number of hydrogen-bond donors (Lipinski definition) is 3. The van der Waals surface area contributed by atoms with Gasteiger partial charge in [0.05, 0.1) is 23.9 Å². The minimum absolute atomic E-state index is 0.0686. The van der Waals surface area contributed by atoms with Gasteiger partial charge in [-0.3, -0.25) is 4.79 Å². The largest absolute Gasteiger partial charge is 0.399 e. The summed E-state index contributed by atoms with van der Waals surface area (Å²) in [5.41, 5.74) is 12.3. The molecule has 1 saturated heterocycles. The molecule has 0 saturated carbocycles. The smallest absolute Gasteiger partial charge is 0.250 e. The van der Waals surface area contributed by atoms with Gasteiger partial charge in [-0.05, 0) is 32.0 Å². The lowest BCUT2D eigenvalue weighted by Gasteiger charge is -2.43. The average molecular weight is 279 g/mol. The van der Waals surface area contributed by atoms with Crippen LogP contribution in [0.25, 0.3) is 0 Å². The van der Waals surface area contributed by atoms with Gasteiger partial charge in [0, 0.05) is 24.5 Å². The molecule has 0 spiro atoms. The zero-order valence-electron chi connectivity index (χ0n) is 11.8. The first-order valence-electron chi connectivity index (χ1n) is 6.55. The van der Waals surface area contributed by atoms with E-state index >= 15 is 0 Å². The summed E-state index contributed by atoms with van der Waals surface area (Å²) >= 11 is 0. The normalized spacial score (nSPS) is 21.8. The number of aliphatic hydroxyl groups excluding tert-OH is 1. The second-order valence-electron chi connectivity index (χ2n) is 5.70. The van der Waals surface area contributed by atoms with Crippen LogP contribution in [-0.4, -0.2) is 42.4 Å². The number of hydrogen-bond acceptors (Lipinski definition) is 5. The van der Waals surface area contributed by atoms with Crippen LogP contribution >= 0.6 is 0 Å². The molecule has 1 aromatic carbocycles. The SMILES string of the molecule is CC1(C)CN(c2ccc(N)cc2C(N)=O)CC(CO)O1. The zero-order chi connectivity index (χ0) is 14.9. The molecule has 110 valence electrons. The summed E-state index contributed by atoms with van der Waals surface area (Å²) in [5, 5.41) is 9.35. The summed E-state index contributed by atoms with van der Waals surface area (Å²) in [5.74, 6) is -0.517. The Balaban J connectivity index is 2.37. The van der Waals surface area contributed by atoms with E-state index in [1.54, 1.807) is 18.2 Å². The van der Waals surface area contributed by atoms with Crippen molar-refractivity contribution in [2.75, 3.05) is 30.3 Å². The molecular weight excluding hydrogens is 258 g/mol. The van der Waals surface area contributed by atoms with Gasteiger partial charge in [0.25, 0.3) is 5.91 Å². The fourth-order valence-electron chi connectivity index (χ4n) is 2.60. The number of rotatable bonds is 3. The number of ether oxygens (including phenoxy) is 1. The second-order valence-corrected chi connectivity index (χ2v) is 5.70. The predicted octanol–water partition coefficient (Wildman–Crippen LogP) is 0.344. The summed E-state index contributed by atoms with van der Waals surface area (Å²) in [6, 6.07) is 5.09. The van der Waals surface area contributed by atoms with Crippen molar-refractivity contribution in [3.05, 3.63) is 23.8 Å². The van der Waals surface area contributed by atoms with Crippen molar-refractivity contribution in [1.29, 1.82) is 0 Å². The molecule has 5 N–H and O–H groups in total. The Kier molecular flexibility index (Phi) is 3.87.